The second-order valence-corrected chi connectivity index (χ2v) is 7.00. The van der Waals surface area contributed by atoms with Crippen molar-refractivity contribution in [2.24, 2.45) is 5.41 Å². The van der Waals surface area contributed by atoms with Crippen molar-refractivity contribution in [2.75, 3.05) is 6.61 Å². The predicted molar refractivity (Wildman–Crippen MR) is 93.2 cm³/mol. The topological polar surface area (TPSA) is 29.5 Å². The maximum atomic E-state index is 9.98. The summed E-state index contributed by atoms with van der Waals surface area (Å²) in [5.74, 6) is 1.35. The number of aromatic hydroxyl groups is 1. The van der Waals surface area contributed by atoms with Crippen LogP contribution in [0.1, 0.15) is 30.9 Å². The van der Waals surface area contributed by atoms with Crippen molar-refractivity contribution in [3.63, 3.8) is 0 Å². The van der Waals surface area contributed by atoms with Crippen LogP contribution in [-0.4, -0.2) is 11.7 Å². The molecule has 0 saturated carbocycles. The van der Waals surface area contributed by atoms with E-state index in [1.165, 1.54) is 16.3 Å². The van der Waals surface area contributed by atoms with Crippen molar-refractivity contribution >= 4 is 10.8 Å². The molecular weight excluding hydrogens is 284 g/mol. The van der Waals surface area contributed by atoms with Crippen molar-refractivity contribution < 1.29 is 9.84 Å². The van der Waals surface area contributed by atoms with Gasteiger partial charge >= 0.3 is 0 Å². The minimum atomic E-state index is -0.0507. The summed E-state index contributed by atoms with van der Waals surface area (Å²) in [5, 5.41) is 12.5. The van der Waals surface area contributed by atoms with E-state index in [0.29, 0.717) is 6.61 Å². The molecule has 0 fully saturated rings. The lowest BCUT2D eigenvalue weighted by molar-refractivity contribution is 0.135. The van der Waals surface area contributed by atoms with Crippen LogP contribution in [0.2, 0.25) is 0 Å². The first kappa shape index (κ1) is 14.1. The SMILES string of the molecule is CC1(C)COc2ccc(O)cc2C1c1cccc2ccccc12. The maximum Gasteiger partial charge on any atom is 0.123 e. The lowest BCUT2D eigenvalue weighted by atomic mass is 9.69. The zero-order valence-electron chi connectivity index (χ0n) is 13.4. The lowest BCUT2D eigenvalue weighted by Crippen LogP contribution is -2.34. The molecule has 0 spiro atoms. The van der Waals surface area contributed by atoms with Crippen molar-refractivity contribution in [2.45, 2.75) is 19.8 Å². The molecule has 23 heavy (non-hydrogen) atoms. The number of hydrogen-bond donors (Lipinski definition) is 1. The van der Waals surface area contributed by atoms with Gasteiger partial charge in [-0.2, -0.15) is 0 Å². The number of hydrogen-bond acceptors (Lipinski definition) is 2. The Kier molecular flexibility index (Phi) is 3.08. The molecule has 1 heterocycles. The van der Waals surface area contributed by atoms with Crippen LogP contribution in [0, 0.1) is 5.41 Å². The van der Waals surface area contributed by atoms with Gasteiger partial charge in [-0.1, -0.05) is 56.3 Å². The predicted octanol–water partition coefficient (Wildman–Crippen LogP) is 5.10. The summed E-state index contributed by atoms with van der Waals surface area (Å²) in [7, 11) is 0. The van der Waals surface area contributed by atoms with Crippen LogP contribution in [0.15, 0.2) is 60.7 Å². The van der Waals surface area contributed by atoms with Crippen LogP contribution in [0.4, 0.5) is 0 Å². The fraction of sp³-hybridized carbons (Fsp3) is 0.238. The van der Waals surface area contributed by atoms with Gasteiger partial charge in [-0.05, 0) is 34.5 Å². The zero-order valence-corrected chi connectivity index (χ0v) is 13.4. The van der Waals surface area contributed by atoms with Gasteiger partial charge in [0, 0.05) is 16.9 Å². The molecule has 0 aromatic heterocycles. The Morgan fingerprint density at radius 3 is 2.61 bits per heavy atom. The van der Waals surface area contributed by atoms with E-state index in [0.717, 1.165) is 11.3 Å². The molecule has 0 amide bonds. The van der Waals surface area contributed by atoms with Crippen LogP contribution in [-0.2, 0) is 0 Å². The molecule has 1 aliphatic rings. The molecule has 1 unspecified atom stereocenters. The summed E-state index contributed by atoms with van der Waals surface area (Å²) in [5.41, 5.74) is 2.31. The highest BCUT2D eigenvalue weighted by Gasteiger charge is 2.39. The molecule has 1 atom stereocenters. The normalized spacial score (nSPS) is 19.1. The van der Waals surface area contributed by atoms with E-state index in [1.807, 2.05) is 12.1 Å². The van der Waals surface area contributed by atoms with Gasteiger partial charge in [-0.25, -0.2) is 0 Å². The fourth-order valence-corrected chi connectivity index (χ4v) is 3.75. The van der Waals surface area contributed by atoms with Gasteiger partial charge in [0.15, 0.2) is 0 Å². The molecule has 0 saturated heterocycles. The van der Waals surface area contributed by atoms with E-state index in [-0.39, 0.29) is 17.1 Å². The van der Waals surface area contributed by atoms with Gasteiger partial charge < -0.3 is 9.84 Å². The Labute approximate surface area is 136 Å². The highest BCUT2D eigenvalue weighted by atomic mass is 16.5. The Morgan fingerprint density at radius 1 is 0.957 bits per heavy atom. The van der Waals surface area contributed by atoms with Gasteiger partial charge in [0.2, 0.25) is 0 Å². The van der Waals surface area contributed by atoms with Crippen LogP contribution in [0.5, 0.6) is 11.5 Å². The number of fused-ring (bicyclic) bond motifs is 2. The highest BCUT2D eigenvalue weighted by molar-refractivity contribution is 5.87. The monoisotopic (exact) mass is 304 g/mol. The van der Waals surface area contributed by atoms with Crippen molar-refractivity contribution in [1.29, 1.82) is 0 Å². The molecule has 3 aromatic carbocycles. The molecule has 2 heteroatoms. The summed E-state index contributed by atoms with van der Waals surface area (Å²) in [6.07, 6.45) is 0. The molecular formula is C21H20O2. The number of benzene rings is 3. The van der Waals surface area contributed by atoms with Gasteiger partial charge in [0.1, 0.15) is 11.5 Å². The van der Waals surface area contributed by atoms with Crippen molar-refractivity contribution in [1.82, 2.24) is 0 Å². The molecule has 0 bridgehead atoms. The van der Waals surface area contributed by atoms with E-state index in [2.05, 4.69) is 56.3 Å². The Bertz CT molecular complexity index is 875. The van der Waals surface area contributed by atoms with Crippen molar-refractivity contribution in [3.05, 3.63) is 71.8 Å². The van der Waals surface area contributed by atoms with Gasteiger partial charge in [0.05, 0.1) is 6.61 Å². The fourth-order valence-electron chi connectivity index (χ4n) is 3.75. The molecule has 116 valence electrons. The zero-order chi connectivity index (χ0) is 16.0. The first-order chi connectivity index (χ1) is 11.1. The standard InChI is InChI=1S/C21H20O2/c1-21(2)13-23-19-11-10-15(22)12-18(19)20(21)17-9-5-7-14-6-3-4-8-16(14)17/h3-12,20,22H,13H2,1-2H3. The molecule has 0 aliphatic carbocycles. The molecule has 2 nitrogen and oxygen atoms in total. The average molecular weight is 304 g/mol. The lowest BCUT2D eigenvalue weighted by Gasteiger charge is -2.40. The smallest absolute Gasteiger partial charge is 0.123 e. The van der Waals surface area contributed by atoms with Crippen LogP contribution in [0.3, 0.4) is 0 Å². The minimum absolute atomic E-state index is 0.0507. The van der Waals surface area contributed by atoms with E-state index >= 15 is 0 Å². The second kappa shape index (κ2) is 5.02. The number of phenols is 1. The Balaban J connectivity index is 2.01. The molecule has 1 aliphatic heterocycles. The second-order valence-electron chi connectivity index (χ2n) is 7.00. The highest BCUT2D eigenvalue weighted by Crippen LogP contribution is 2.50. The third-order valence-corrected chi connectivity index (χ3v) is 4.82. The van der Waals surface area contributed by atoms with Gasteiger partial charge in [-0.15, -0.1) is 0 Å². The minimum Gasteiger partial charge on any atom is -0.508 e. The van der Waals surface area contributed by atoms with E-state index < -0.39 is 0 Å². The van der Waals surface area contributed by atoms with Crippen molar-refractivity contribution in [3.8, 4) is 11.5 Å². The molecule has 1 N–H and O–H groups in total. The average Bonchev–Trinajstić information content (AvgIpc) is 2.54. The third-order valence-electron chi connectivity index (χ3n) is 4.82. The summed E-state index contributed by atoms with van der Waals surface area (Å²) in [6, 6.07) is 20.4. The molecule has 3 aromatic rings. The Hall–Kier alpha value is -2.48. The van der Waals surface area contributed by atoms with E-state index in [1.54, 1.807) is 6.07 Å². The van der Waals surface area contributed by atoms with Crippen LogP contribution < -0.4 is 4.74 Å². The molecule has 0 radical (unpaired) electrons. The molecule has 4 rings (SSSR count). The van der Waals surface area contributed by atoms with Crippen LogP contribution in [0.25, 0.3) is 10.8 Å². The first-order valence-electron chi connectivity index (χ1n) is 8.00. The summed E-state index contributed by atoms with van der Waals surface area (Å²) < 4.78 is 5.95. The number of phenolic OH excluding ortho intramolecular Hbond substituents is 1. The number of rotatable bonds is 1. The number of ether oxygens (including phenoxy) is 1. The Morgan fingerprint density at radius 2 is 1.74 bits per heavy atom. The van der Waals surface area contributed by atoms with E-state index in [9.17, 15) is 5.11 Å². The maximum absolute atomic E-state index is 9.98. The summed E-state index contributed by atoms with van der Waals surface area (Å²) in [4.78, 5) is 0. The quantitative estimate of drug-likeness (QED) is 0.678. The largest absolute Gasteiger partial charge is 0.508 e. The van der Waals surface area contributed by atoms with Crippen LogP contribution >= 0.6 is 0 Å². The van der Waals surface area contributed by atoms with E-state index in [4.69, 9.17) is 4.74 Å². The summed E-state index contributed by atoms with van der Waals surface area (Å²) >= 11 is 0. The van der Waals surface area contributed by atoms with Gasteiger partial charge in [-0.3, -0.25) is 0 Å². The third kappa shape index (κ3) is 2.26. The summed E-state index contributed by atoms with van der Waals surface area (Å²) in [6.45, 7) is 5.12. The first-order valence-corrected chi connectivity index (χ1v) is 8.00. The van der Waals surface area contributed by atoms with Gasteiger partial charge in [0.25, 0.3) is 0 Å².